The molecule has 0 amide bonds. The van der Waals surface area contributed by atoms with E-state index < -0.39 is 0 Å². The van der Waals surface area contributed by atoms with E-state index in [0.717, 1.165) is 18.7 Å². The highest BCUT2D eigenvalue weighted by Gasteiger charge is 2.16. The van der Waals surface area contributed by atoms with E-state index in [4.69, 9.17) is 0 Å². The fourth-order valence-corrected chi connectivity index (χ4v) is 2.18. The number of hydrogen-bond donors (Lipinski definition) is 0. The third-order valence-electron chi connectivity index (χ3n) is 3.03. The highest BCUT2D eigenvalue weighted by molar-refractivity contribution is 5.39. The zero-order valence-corrected chi connectivity index (χ0v) is 11.2. The van der Waals surface area contributed by atoms with E-state index in [-0.39, 0.29) is 27.6 Å². The van der Waals surface area contributed by atoms with Crippen LogP contribution in [0.3, 0.4) is 0 Å². The highest BCUT2D eigenvalue weighted by Crippen LogP contribution is 2.21. The molecule has 17 heavy (non-hydrogen) atoms. The molecule has 4 nitrogen and oxygen atoms in total. The van der Waals surface area contributed by atoms with Crippen LogP contribution in [0.1, 0.15) is 24.8 Å². The van der Waals surface area contributed by atoms with E-state index in [1.807, 2.05) is 12.1 Å². The van der Waals surface area contributed by atoms with Gasteiger partial charge in [0.05, 0.1) is 4.92 Å². The first kappa shape index (κ1) is 14.1. The van der Waals surface area contributed by atoms with E-state index in [9.17, 15) is 10.1 Å². The van der Waals surface area contributed by atoms with E-state index in [0.29, 0.717) is 6.54 Å². The minimum atomic E-state index is -0.292. The largest absolute Gasteiger partial charge is 1.00 e. The average Bonchev–Trinajstić information content (AvgIpc) is 2.31. The Morgan fingerprint density at radius 3 is 2.47 bits per heavy atom. The van der Waals surface area contributed by atoms with Gasteiger partial charge in [0, 0.05) is 18.2 Å². The Labute approximate surface area is 112 Å². The summed E-state index contributed by atoms with van der Waals surface area (Å²) in [5.41, 5.74) is 1.07. The van der Waals surface area contributed by atoms with E-state index in [1.54, 1.807) is 12.1 Å². The van der Waals surface area contributed by atoms with Crippen molar-refractivity contribution < 1.29 is 21.9 Å². The first-order chi connectivity index (χ1) is 7.77. The predicted octanol–water partition coefficient (Wildman–Crippen LogP) is -0.415. The number of rotatable bonds is 3. The lowest BCUT2D eigenvalue weighted by molar-refractivity contribution is -0.385. The Bertz CT molecular complexity index is 379. The summed E-state index contributed by atoms with van der Waals surface area (Å²) in [6.45, 7) is 2.83. The summed E-state index contributed by atoms with van der Waals surface area (Å²) in [7, 11) is 0. The number of halogens is 1. The normalized spacial score (nSPS) is 16.2. The number of nitro benzene ring substituents is 1. The van der Waals surface area contributed by atoms with Gasteiger partial charge in [0.25, 0.3) is 5.69 Å². The lowest BCUT2D eigenvalue weighted by Crippen LogP contribution is -3.00. The van der Waals surface area contributed by atoms with Crippen LogP contribution in [0, 0.1) is 10.1 Å². The fourth-order valence-electron chi connectivity index (χ4n) is 2.18. The Morgan fingerprint density at radius 1 is 1.18 bits per heavy atom. The van der Waals surface area contributed by atoms with Crippen LogP contribution in [0.2, 0.25) is 0 Å². The molecule has 2 rings (SSSR count). The molecule has 0 radical (unpaired) electrons. The Hall–Kier alpha value is -0.940. The second-order valence-corrected chi connectivity index (χ2v) is 4.22. The summed E-state index contributed by atoms with van der Waals surface area (Å²) in [4.78, 5) is 12.9. The van der Waals surface area contributed by atoms with Crippen LogP contribution >= 0.6 is 0 Å². The van der Waals surface area contributed by atoms with E-state index >= 15 is 0 Å². The zero-order chi connectivity index (χ0) is 11.4. The van der Waals surface area contributed by atoms with Gasteiger partial charge in [-0.3, -0.25) is 15.0 Å². The molecular formula is C12H16BrN2O2-. The summed E-state index contributed by atoms with van der Waals surface area (Å²) < 4.78 is 0. The first-order valence-electron chi connectivity index (χ1n) is 5.72. The molecule has 94 valence electrons. The maximum atomic E-state index is 10.9. The van der Waals surface area contributed by atoms with Crippen molar-refractivity contribution in [2.24, 2.45) is 0 Å². The van der Waals surface area contributed by atoms with Gasteiger partial charge in [0.1, 0.15) is 0 Å². The lowest BCUT2D eigenvalue weighted by Gasteiger charge is -2.26. The van der Waals surface area contributed by atoms with Crippen molar-refractivity contribution in [1.29, 1.82) is 0 Å². The molecule has 1 aliphatic rings. The molecule has 1 aromatic carbocycles. The first-order valence-corrected chi connectivity index (χ1v) is 5.72. The van der Waals surface area contributed by atoms with Gasteiger partial charge in [-0.2, -0.15) is 0 Å². The second kappa shape index (κ2) is 6.71. The van der Waals surface area contributed by atoms with Crippen molar-refractivity contribution in [2.75, 3.05) is 13.1 Å². The second-order valence-electron chi connectivity index (χ2n) is 4.22. The van der Waals surface area contributed by atoms with Gasteiger partial charge in [-0.25, -0.2) is 0 Å². The van der Waals surface area contributed by atoms with Crippen LogP contribution in [-0.4, -0.2) is 22.9 Å². The molecule has 0 saturated carbocycles. The van der Waals surface area contributed by atoms with Crippen LogP contribution in [-0.2, 0) is 6.54 Å². The number of hydrogen-bond acceptors (Lipinski definition) is 3. The molecule has 0 spiro atoms. The number of benzene rings is 1. The summed E-state index contributed by atoms with van der Waals surface area (Å²) in [6, 6.07) is 7.02. The van der Waals surface area contributed by atoms with Crippen LogP contribution in [0.25, 0.3) is 0 Å². The van der Waals surface area contributed by atoms with E-state index in [2.05, 4.69) is 4.90 Å². The van der Waals surface area contributed by atoms with Crippen molar-refractivity contribution >= 4 is 5.69 Å². The molecule has 1 aliphatic heterocycles. The van der Waals surface area contributed by atoms with Gasteiger partial charge in [-0.15, -0.1) is 0 Å². The minimum absolute atomic E-state index is 0. The molecule has 0 atom stereocenters. The van der Waals surface area contributed by atoms with Crippen molar-refractivity contribution in [2.45, 2.75) is 25.8 Å². The van der Waals surface area contributed by atoms with Gasteiger partial charge < -0.3 is 17.0 Å². The maximum Gasteiger partial charge on any atom is 0.273 e. The highest BCUT2D eigenvalue weighted by atomic mass is 79.9. The smallest absolute Gasteiger partial charge is 0.273 e. The predicted molar refractivity (Wildman–Crippen MR) is 62.2 cm³/mol. The molecule has 0 bridgehead atoms. The average molecular weight is 300 g/mol. The van der Waals surface area contributed by atoms with E-state index in [1.165, 1.54) is 19.3 Å². The van der Waals surface area contributed by atoms with Crippen molar-refractivity contribution in [3.05, 3.63) is 39.9 Å². The third kappa shape index (κ3) is 3.78. The Morgan fingerprint density at radius 2 is 1.82 bits per heavy atom. The number of likely N-dealkylation sites (tertiary alicyclic amines) is 1. The van der Waals surface area contributed by atoms with Crippen molar-refractivity contribution in [1.82, 2.24) is 4.90 Å². The minimum Gasteiger partial charge on any atom is -1.00 e. The topological polar surface area (TPSA) is 46.4 Å². The quantitative estimate of drug-likeness (QED) is 0.563. The Kier molecular flexibility index (Phi) is 5.58. The number of nitrogens with zero attached hydrogens (tertiary/aromatic N) is 2. The summed E-state index contributed by atoms with van der Waals surface area (Å²) in [5.74, 6) is 0. The standard InChI is InChI=1S/C12H16N2O2.BrH/c15-14(16)12-7-3-2-6-11(12)10-13-8-4-1-5-9-13;/h2-3,6-7H,1,4-5,8-10H2;1H/p-1. The molecule has 1 heterocycles. The summed E-state index contributed by atoms with van der Waals surface area (Å²) in [5, 5.41) is 10.9. The van der Waals surface area contributed by atoms with Crippen LogP contribution < -0.4 is 17.0 Å². The molecule has 0 aliphatic carbocycles. The molecule has 0 unspecified atom stereocenters. The fraction of sp³-hybridized carbons (Fsp3) is 0.500. The SMILES string of the molecule is O=[N+]([O-])c1ccccc1CN1CCCCC1.[Br-]. The monoisotopic (exact) mass is 299 g/mol. The molecule has 0 aromatic heterocycles. The number of piperidine rings is 1. The molecule has 1 aromatic rings. The van der Waals surface area contributed by atoms with Crippen molar-refractivity contribution in [3.8, 4) is 0 Å². The van der Waals surface area contributed by atoms with Gasteiger partial charge in [-0.1, -0.05) is 24.6 Å². The zero-order valence-electron chi connectivity index (χ0n) is 9.64. The number of para-hydroxylation sites is 1. The van der Waals surface area contributed by atoms with Crippen molar-refractivity contribution in [3.63, 3.8) is 0 Å². The lowest BCUT2D eigenvalue weighted by atomic mass is 10.1. The number of nitro groups is 1. The molecule has 1 fully saturated rings. The molecule has 1 saturated heterocycles. The molecular weight excluding hydrogens is 284 g/mol. The summed E-state index contributed by atoms with van der Waals surface area (Å²) in [6.07, 6.45) is 3.70. The third-order valence-corrected chi connectivity index (χ3v) is 3.03. The van der Waals surface area contributed by atoms with Gasteiger partial charge >= 0.3 is 0 Å². The van der Waals surface area contributed by atoms with Gasteiger partial charge in [0.2, 0.25) is 0 Å². The van der Waals surface area contributed by atoms with Crippen LogP contribution in [0.4, 0.5) is 5.69 Å². The van der Waals surface area contributed by atoms with Crippen LogP contribution in [0.15, 0.2) is 24.3 Å². The van der Waals surface area contributed by atoms with Gasteiger partial charge in [0.15, 0.2) is 0 Å². The van der Waals surface area contributed by atoms with Crippen LogP contribution in [0.5, 0.6) is 0 Å². The molecule has 5 heteroatoms. The molecule has 0 N–H and O–H groups in total. The Balaban J connectivity index is 0.00000144. The maximum absolute atomic E-state index is 10.9. The summed E-state index contributed by atoms with van der Waals surface area (Å²) >= 11 is 0. The van der Waals surface area contributed by atoms with Gasteiger partial charge in [-0.05, 0) is 25.9 Å².